The highest BCUT2D eigenvalue weighted by Crippen LogP contribution is 2.30. The van der Waals surface area contributed by atoms with E-state index in [1.165, 1.54) is 11.3 Å². The van der Waals surface area contributed by atoms with E-state index in [2.05, 4.69) is 18.8 Å². The third kappa shape index (κ3) is 3.00. The van der Waals surface area contributed by atoms with Crippen molar-refractivity contribution in [3.05, 3.63) is 16.1 Å². The minimum absolute atomic E-state index is 0.0364. The first-order chi connectivity index (χ1) is 8.02. The first-order valence-corrected chi connectivity index (χ1v) is 7.46. The normalized spacial score (nSPS) is 19.4. The average molecular weight is 271 g/mol. The van der Waals surface area contributed by atoms with Gasteiger partial charge in [0.2, 0.25) is 0 Å². The molecule has 2 N–H and O–H groups in total. The summed E-state index contributed by atoms with van der Waals surface area (Å²) >= 11 is 3.37. The number of hydrogen-bond acceptors (Lipinski definition) is 5. The standard InChI is InChI=1S/C11H17N3OS2/c1-11(2)7-14(3-4-17-11)10(15)8-6-16-9(5-12)13-8/h6H,3-5,7,12H2,1-2H3. The predicted octanol–water partition coefficient (Wildman–Crippen LogP) is 1.57. The lowest BCUT2D eigenvalue weighted by Gasteiger charge is -2.37. The summed E-state index contributed by atoms with van der Waals surface area (Å²) in [5.74, 6) is 1.03. The fraction of sp³-hybridized carbons (Fsp3) is 0.636. The van der Waals surface area contributed by atoms with Gasteiger partial charge in [0.25, 0.3) is 5.91 Å². The fourth-order valence-corrected chi connectivity index (χ4v) is 3.61. The lowest BCUT2D eigenvalue weighted by molar-refractivity contribution is 0.0743. The number of nitrogens with two attached hydrogens (primary N) is 1. The number of thioether (sulfide) groups is 1. The molecule has 2 rings (SSSR count). The van der Waals surface area contributed by atoms with Crippen molar-refractivity contribution in [3.8, 4) is 0 Å². The number of thiazole rings is 1. The van der Waals surface area contributed by atoms with Gasteiger partial charge in [0.1, 0.15) is 10.7 Å². The SMILES string of the molecule is CC1(C)CN(C(=O)c2csc(CN)n2)CCS1. The third-order valence-electron chi connectivity index (χ3n) is 2.66. The highest BCUT2D eigenvalue weighted by Gasteiger charge is 2.30. The Morgan fingerprint density at radius 2 is 2.41 bits per heavy atom. The van der Waals surface area contributed by atoms with E-state index in [0.717, 1.165) is 23.8 Å². The molecule has 2 heterocycles. The van der Waals surface area contributed by atoms with Crippen molar-refractivity contribution in [3.63, 3.8) is 0 Å². The Morgan fingerprint density at radius 1 is 1.65 bits per heavy atom. The quantitative estimate of drug-likeness (QED) is 0.887. The van der Waals surface area contributed by atoms with E-state index in [1.54, 1.807) is 5.38 Å². The fourth-order valence-electron chi connectivity index (χ4n) is 1.85. The molecule has 1 fully saturated rings. The summed E-state index contributed by atoms with van der Waals surface area (Å²) in [7, 11) is 0. The van der Waals surface area contributed by atoms with E-state index >= 15 is 0 Å². The van der Waals surface area contributed by atoms with Gasteiger partial charge < -0.3 is 10.6 Å². The van der Waals surface area contributed by atoms with Crippen LogP contribution in [0.4, 0.5) is 0 Å². The second-order valence-electron chi connectivity index (χ2n) is 4.67. The van der Waals surface area contributed by atoms with Crippen molar-refractivity contribution < 1.29 is 4.79 Å². The van der Waals surface area contributed by atoms with Crippen LogP contribution in [0.5, 0.6) is 0 Å². The number of nitrogens with zero attached hydrogens (tertiary/aromatic N) is 2. The third-order valence-corrected chi connectivity index (χ3v) is 4.83. The second-order valence-corrected chi connectivity index (χ2v) is 7.41. The van der Waals surface area contributed by atoms with E-state index < -0.39 is 0 Å². The van der Waals surface area contributed by atoms with E-state index in [1.807, 2.05) is 16.7 Å². The minimum Gasteiger partial charge on any atom is -0.335 e. The molecule has 6 heteroatoms. The summed E-state index contributed by atoms with van der Waals surface area (Å²) in [6.07, 6.45) is 0. The number of carbonyl (C=O) groups excluding carboxylic acids is 1. The van der Waals surface area contributed by atoms with Gasteiger partial charge in [-0.25, -0.2) is 4.98 Å². The smallest absolute Gasteiger partial charge is 0.273 e. The minimum atomic E-state index is 0.0364. The lowest BCUT2D eigenvalue weighted by atomic mass is 10.2. The zero-order valence-electron chi connectivity index (χ0n) is 10.1. The van der Waals surface area contributed by atoms with Crippen LogP contribution in [0.1, 0.15) is 29.3 Å². The van der Waals surface area contributed by atoms with Crippen LogP contribution in [-0.4, -0.2) is 39.4 Å². The number of aromatic nitrogens is 1. The summed E-state index contributed by atoms with van der Waals surface area (Å²) in [5, 5.41) is 2.62. The second kappa shape index (κ2) is 4.96. The Kier molecular flexibility index (Phi) is 3.75. The van der Waals surface area contributed by atoms with Gasteiger partial charge in [-0.2, -0.15) is 11.8 Å². The molecule has 0 saturated carbocycles. The van der Waals surface area contributed by atoms with Crippen LogP contribution in [0.15, 0.2) is 5.38 Å². The van der Waals surface area contributed by atoms with Crippen molar-refractivity contribution in [2.45, 2.75) is 25.1 Å². The van der Waals surface area contributed by atoms with Gasteiger partial charge in [0.05, 0.1) is 0 Å². The van der Waals surface area contributed by atoms with Gasteiger partial charge in [0, 0.05) is 35.5 Å². The highest BCUT2D eigenvalue weighted by molar-refractivity contribution is 8.00. The van der Waals surface area contributed by atoms with Gasteiger partial charge in [0.15, 0.2) is 0 Å². The Hall–Kier alpha value is -0.590. The van der Waals surface area contributed by atoms with E-state index in [-0.39, 0.29) is 10.7 Å². The number of rotatable bonds is 2. The molecule has 0 aromatic carbocycles. The molecule has 94 valence electrons. The van der Waals surface area contributed by atoms with Crippen LogP contribution in [0, 0.1) is 0 Å². The Labute approximate surface area is 110 Å². The zero-order valence-corrected chi connectivity index (χ0v) is 11.7. The van der Waals surface area contributed by atoms with E-state index in [9.17, 15) is 4.79 Å². The molecule has 0 unspecified atom stereocenters. The molecule has 1 aromatic heterocycles. The maximum atomic E-state index is 12.2. The van der Waals surface area contributed by atoms with Crippen molar-refractivity contribution in [1.82, 2.24) is 9.88 Å². The summed E-state index contributed by atoms with van der Waals surface area (Å²) < 4.78 is 0.140. The molecular weight excluding hydrogens is 254 g/mol. The molecular formula is C11H17N3OS2. The van der Waals surface area contributed by atoms with Gasteiger partial charge in [-0.05, 0) is 13.8 Å². The number of carbonyl (C=O) groups is 1. The van der Waals surface area contributed by atoms with Crippen molar-refractivity contribution in [2.24, 2.45) is 5.73 Å². The summed E-state index contributed by atoms with van der Waals surface area (Å²) in [4.78, 5) is 18.4. The molecule has 0 radical (unpaired) electrons. The zero-order chi connectivity index (χ0) is 12.5. The van der Waals surface area contributed by atoms with Crippen molar-refractivity contribution >= 4 is 29.0 Å². The molecule has 4 nitrogen and oxygen atoms in total. The largest absolute Gasteiger partial charge is 0.335 e. The van der Waals surface area contributed by atoms with Crippen LogP contribution >= 0.6 is 23.1 Å². The van der Waals surface area contributed by atoms with Crippen LogP contribution < -0.4 is 5.73 Å². The number of hydrogen-bond donors (Lipinski definition) is 1. The summed E-state index contributed by atoms with van der Waals surface area (Å²) in [5.41, 5.74) is 6.04. The molecule has 0 bridgehead atoms. The maximum absolute atomic E-state index is 12.2. The average Bonchev–Trinajstić information content (AvgIpc) is 2.75. The Morgan fingerprint density at radius 3 is 3.00 bits per heavy atom. The summed E-state index contributed by atoms with van der Waals surface area (Å²) in [6.45, 7) is 6.33. The molecule has 1 amide bonds. The van der Waals surface area contributed by atoms with Gasteiger partial charge in [-0.15, -0.1) is 11.3 Å². The lowest BCUT2D eigenvalue weighted by Crippen LogP contribution is -2.46. The molecule has 0 atom stereocenters. The monoisotopic (exact) mass is 271 g/mol. The van der Waals surface area contributed by atoms with Crippen molar-refractivity contribution in [2.75, 3.05) is 18.8 Å². The first-order valence-electron chi connectivity index (χ1n) is 5.59. The summed E-state index contributed by atoms with van der Waals surface area (Å²) in [6, 6.07) is 0. The van der Waals surface area contributed by atoms with Gasteiger partial charge >= 0.3 is 0 Å². The topological polar surface area (TPSA) is 59.2 Å². The molecule has 17 heavy (non-hydrogen) atoms. The first kappa shape index (κ1) is 12.9. The highest BCUT2D eigenvalue weighted by atomic mass is 32.2. The molecule has 0 aliphatic carbocycles. The maximum Gasteiger partial charge on any atom is 0.273 e. The van der Waals surface area contributed by atoms with Gasteiger partial charge in [-0.1, -0.05) is 0 Å². The molecule has 1 saturated heterocycles. The number of amides is 1. The molecule has 1 aromatic rings. The molecule has 1 aliphatic heterocycles. The van der Waals surface area contributed by atoms with Gasteiger partial charge in [-0.3, -0.25) is 4.79 Å². The Balaban J connectivity index is 2.09. The van der Waals surface area contributed by atoms with Crippen LogP contribution in [-0.2, 0) is 6.54 Å². The van der Waals surface area contributed by atoms with Crippen LogP contribution in [0.2, 0.25) is 0 Å². The Bertz CT molecular complexity index is 417. The van der Waals surface area contributed by atoms with E-state index in [0.29, 0.717) is 12.2 Å². The van der Waals surface area contributed by atoms with Crippen LogP contribution in [0.3, 0.4) is 0 Å². The molecule has 1 aliphatic rings. The van der Waals surface area contributed by atoms with Crippen molar-refractivity contribution in [1.29, 1.82) is 0 Å². The van der Waals surface area contributed by atoms with E-state index in [4.69, 9.17) is 5.73 Å². The molecule has 0 spiro atoms. The predicted molar refractivity (Wildman–Crippen MR) is 72.4 cm³/mol. The van der Waals surface area contributed by atoms with Crippen LogP contribution in [0.25, 0.3) is 0 Å².